The first-order chi connectivity index (χ1) is 8.92. The molecule has 2 heteroatoms. The number of hydrogen-bond acceptors (Lipinski definition) is 2. The zero-order chi connectivity index (χ0) is 11.9. The summed E-state index contributed by atoms with van der Waals surface area (Å²) in [5.74, 6) is 0. The van der Waals surface area contributed by atoms with Crippen LogP contribution in [0.15, 0.2) is 48.5 Å². The first-order valence-corrected chi connectivity index (χ1v) is 6.05. The summed E-state index contributed by atoms with van der Waals surface area (Å²) in [5, 5.41) is 7.60. The van der Waals surface area contributed by atoms with Crippen molar-refractivity contribution in [3.8, 4) is 0 Å². The molecule has 4 rings (SSSR count). The Kier molecular flexibility index (Phi) is 1.86. The van der Waals surface area contributed by atoms with Gasteiger partial charge in [-0.2, -0.15) is 0 Å². The summed E-state index contributed by atoms with van der Waals surface area (Å²) in [6.07, 6.45) is 4.01. The molecule has 0 amide bonds. The van der Waals surface area contributed by atoms with Crippen LogP contribution in [0.2, 0.25) is 0 Å². The minimum absolute atomic E-state index is 1.22. The zero-order valence-electron chi connectivity index (χ0n) is 9.77. The van der Waals surface area contributed by atoms with Crippen molar-refractivity contribution < 1.29 is 0 Å². The van der Waals surface area contributed by atoms with Crippen molar-refractivity contribution in [2.45, 2.75) is 0 Å². The molecule has 2 N–H and O–H groups in total. The SMILES string of the molecule is C1=c2ccc3cc4ccccc4cc3c2=CNN1. The van der Waals surface area contributed by atoms with Crippen LogP contribution >= 0.6 is 0 Å². The van der Waals surface area contributed by atoms with Crippen LogP contribution in [0.4, 0.5) is 0 Å². The average Bonchev–Trinajstić information content (AvgIpc) is 2.45. The van der Waals surface area contributed by atoms with E-state index in [0.717, 1.165) is 0 Å². The number of benzene rings is 3. The normalized spacial score (nSPS) is 13.1. The second-order valence-electron chi connectivity index (χ2n) is 4.57. The molecule has 0 atom stereocenters. The van der Waals surface area contributed by atoms with Gasteiger partial charge >= 0.3 is 0 Å². The van der Waals surface area contributed by atoms with Gasteiger partial charge in [0, 0.05) is 22.8 Å². The molecule has 0 spiro atoms. The van der Waals surface area contributed by atoms with Crippen LogP contribution in [-0.4, -0.2) is 0 Å². The predicted octanol–water partition coefficient (Wildman–Crippen LogP) is 1.58. The van der Waals surface area contributed by atoms with Gasteiger partial charge in [0.2, 0.25) is 0 Å². The van der Waals surface area contributed by atoms with Gasteiger partial charge in [0.05, 0.1) is 0 Å². The van der Waals surface area contributed by atoms with E-state index >= 15 is 0 Å². The van der Waals surface area contributed by atoms with E-state index in [-0.39, 0.29) is 0 Å². The Morgan fingerprint density at radius 2 is 1.44 bits per heavy atom. The molecule has 1 heterocycles. The molecule has 0 aliphatic carbocycles. The molecule has 0 radical (unpaired) electrons. The molecule has 18 heavy (non-hydrogen) atoms. The highest BCUT2D eigenvalue weighted by atomic mass is 15.3. The van der Waals surface area contributed by atoms with E-state index in [1.54, 1.807) is 0 Å². The van der Waals surface area contributed by atoms with Gasteiger partial charge in [-0.3, -0.25) is 0 Å². The van der Waals surface area contributed by atoms with Crippen molar-refractivity contribution in [2.75, 3.05) is 0 Å². The first-order valence-electron chi connectivity index (χ1n) is 6.05. The minimum Gasteiger partial charge on any atom is -0.308 e. The molecule has 0 bridgehead atoms. The number of fused-ring (bicyclic) bond motifs is 4. The first kappa shape index (κ1) is 9.54. The Hall–Kier alpha value is -2.48. The maximum Gasteiger partial charge on any atom is 0.0263 e. The fourth-order valence-electron chi connectivity index (χ4n) is 2.57. The molecule has 1 aliphatic heterocycles. The number of nitrogens with one attached hydrogen (secondary N) is 2. The van der Waals surface area contributed by atoms with Gasteiger partial charge in [0.25, 0.3) is 0 Å². The topological polar surface area (TPSA) is 24.1 Å². The third-order valence-electron chi connectivity index (χ3n) is 3.49. The van der Waals surface area contributed by atoms with Gasteiger partial charge in [-0.1, -0.05) is 36.4 Å². The third kappa shape index (κ3) is 1.29. The van der Waals surface area contributed by atoms with E-state index in [0.29, 0.717) is 0 Å². The fraction of sp³-hybridized carbons (Fsp3) is 0. The highest BCUT2D eigenvalue weighted by Gasteiger charge is 2.01. The lowest BCUT2D eigenvalue weighted by Gasteiger charge is -2.09. The van der Waals surface area contributed by atoms with Crippen LogP contribution in [0, 0.1) is 0 Å². The van der Waals surface area contributed by atoms with Crippen LogP contribution in [0.3, 0.4) is 0 Å². The van der Waals surface area contributed by atoms with Crippen LogP contribution in [0.25, 0.3) is 33.9 Å². The van der Waals surface area contributed by atoms with E-state index < -0.39 is 0 Å². The molecule has 0 fully saturated rings. The molecule has 0 unspecified atom stereocenters. The van der Waals surface area contributed by atoms with Gasteiger partial charge in [-0.05, 0) is 33.7 Å². The molecule has 0 aromatic heterocycles. The number of hydrogen-bond donors (Lipinski definition) is 2. The lowest BCUT2D eigenvalue weighted by Crippen LogP contribution is -2.39. The third-order valence-corrected chi connectivity index (χ3v) is 3.49. The maximum atomic E-state index is 3.05. The summed E-state index contributed by atoms with van der Waals surface area (Å²) < 4.78 is 0. The molecule has 3 aromatic rings. The van der Waals surface area contributed by atoms with E-state index in [1.807, 2.05) is 12.4 Å². The Labute approximate surface area is 104 Å². The average molecular weight is 232 g/mol. The minimum atomic E-state index is 1.22. The van der Waals surface area contributed by atoms with Crippen molar-refractivity contribution in [3.05, 3.63) is 59.0 Å². The summed E-state index contributed by atoms with van der Waals surface area (Å²) in [4.78, 5) is 0. The molecule has 3 aromatic carbocycles. The Bertz CT molecular complexity index is 879. The summed E-state index contributed by atoms with van der Waals surface area (Å²) in [5.41, 5.74) is 6.06. The summed E-state index contributed by atoms with van der Waals surface area (Å²) in [6, 6.07) is 17.3. The second kappa shape index (κ2) is 3.50. The van der Waals surface area contributed by atoms with Crippen LogP contribution in [-0.2, 0) is 0 Å². The lowest BCUT2D eigenvalue weighted by atomic mass is 10.0. The standard InChI is InChI=1S/C16H12N2/c1-2-4-12-8-15-13(7-11(12)3-1)5-6-14-9-17-18-10-16(14)15/h1-10,17-18H. The van der Waals surface area contributed by atoms with Crippen LogP contribution < -0.4 is 21.3 Å². The molecule has 0 saturated heterocycles. The van der Waals surface area contributed by atoms with Crippen molar-refractivity contribution in [1.29, 1.82) is 0 Å². The van der Waals surface area contributed by atoms with Crippen molar-refractivity contribution in [3.63, 3.8) is 0 Å². The maximum absolute atomic E-state index is 3.05. The molecule has 1 aliphatic rings. The fourth-order valence-corrected chi connectivity index (χ4v) is 2.57. The van der Waals surface area contributed by atoms with E-state index in [1.165, 1.54) is 32.0 Å². The van der Waals surface area contributed by atoms with Crippen LogP contribution in [0.1, 0.15) is 0 Å². The molecular weight excluding hydrogens is 220 g/mol. The van der Waals surface area contributed by atoms with Gasteiger partial charge < -0.3 is 10.9 Å². The predicted molar refractivity (Wildman–Crippen MR) is 75.9 cm³/mol. The largest absolute Gasteiger partial charge is 0.308 e. The van der Waals surface area contributed by atoms with E-state index in [9.17, 15) is 0 Å². The second-order valence-corrected chi connectivity index (χ2v) is 4.57. The molecule has 2 nitrogen and oxygen atoms in total. The Balaban J connectivity index is 2.26. The summed E-state index contributed by atoms with van der Waals surface area (Å²) >= 11 is 0. The summed E-state index contributed by atoms with van der Waals surface area (Å²) in [6.45, 7) is 0. The Morgan fingerprint density at radius 3 is 2.33 bits per heavy atom. The molecule has 86 valence electrons. The molecule has 0 saturated carbocycles. The Morgan fingerprint density at radius 1 is 0.667 bits per heavy atom. The number of rotatable bonds is 0. The highest BCUT2D eigenvalue weighted by molar-refractivity contribution is 5.98. The van der Waals surface area contributed by atoms with Gasteiger partial charge in [0.15, 0.2) is 0 Å². The van der Waals surface area contributed by atoms with E-state index in [4.69, 9.17) is 0 Å². The monoisotopic (exact) mass is 232 g/mol. The van der Waals surface area contributed by atoms with Crippen molar-refractivity contribution in [2.24, 2.45) is 0 Å². The summed E-state index contributed by atoms with van der Waals surface area (Å²) in [7, 11) is 0. The smallest absolute Gasteiger partial charge is 0.0263 e. The lowest BCUT2D eigenvalue weighted by molar-refractivity contribution is 0.845. The van der Waals surface area contributed by atoms with Gasteiger partial charge in [-0.25, -0.2) is 0 Å². The highest BCUT2D eigenvalue weighted by Crippen LogP contribution is 2.19. The zero-order valence-corrected chi connectivity index (χ0v) is 9.77. The van der Waals surface area contributed by atoms with Crippen molar-refractivity contribution in [1.82, 2.24) is 10.9 Å². The number of hydrazine groups is 1. The van der Waals surface area contributed by atoms with Crippen molar-refractivity contribution >= 4 is 33.9 Å². The molecular formula is C16H12N2. The van der Waals surface area contributed by atoms with E-state index in [2.05, 4.69) is 59.4 Å². The van der Waals surface area contributed by atoms with Crippen LogP contribution in [0.5, 0.6) is 0 Å². The van der Waals surface area contributed by atoms with Gasteiger partial charge in [-0.15, -0.1) is 0 Å². The van der Waals surface area contributed by atoms with Gasteiger partial charge in [0.1, 0.15) is 0 Å². The quantitative estimate of drug-likeness (QED) is 0.575.